The predicted octanol–water partition coefficient (Wildman–Crippen LogP) is 3.16. The Labute approximate surface area is 130 Å². The van der Waals surface area contributed by atoms with Crippen molar-refractivity contribution in [3.8, 4) is 5.75 Å². The van der Waals surface area contributed by atoms with Gasteiger partial charge < -0.3 is 9.84 Å². The number of rotatable bonds is 5. The van der Waals surface area contributed by atoms with Gasteiger partial charge in [0, 0.05) is 6.54 Å². The fraction of sp³-hybridized carbons (Fsp3) is 0.389. The van der Waals surface area contributed by atoms with Gasteiger partial charge in [-0.25, -0.2) is 0 Å². The standard InChI is InChI=1S/C18H21NO3/c20-18(21)17-7-3-4-10-19(17)11-12-22-16-9-8-14-5-1-2-6-15(14)13-16/h1-2,5-6,8-9,13,17H,3-4,7,10-12H2,(H,20,21). The Hall–Kier alpha value is -2.07. The van der Waals surface area contributed by atoms with Crippen molar-refractivity contribution in [3.05, 3.63) is 42.5 Å². The maximum absolute atomic E-state index is 11.3. The molecule has 0 amide bonds. The summed E-state index contributed by atoms with van der Waals surface area (Å²) in [6.07, 6.45) is 2.81. The zero-order valence-corrected chi connectivity index (χ0v) is 12.6. The number of nitrogens with zero attached hydrogens (tertiary/aromatic N) is 1. The molecular formula is C18H21NO3. The molecule has 1 N–H and O–H groups in total. The molecule has 2 aromatic carbocycles. The van der Waals surface area contributed by atoms with Crippen LogP contribution >= 0.6 is 0 Å². The van der Waals surface area contributed by atoms with Gasteiger partial charge in [-0.1, -0.05) is 36.8 Å². The maximum Gasteiger partial charge on any atom is 0.320 e. The Morgan fingerprint density at radius 1 is 1.18 bits per heavy atom. The van der Waals surface area contributed by atoms with E-state index < -0.39 is 5.97 Å². The molecule has 0 aliphatic carbocycles. The number of likely N-dealkylation sites (tertiary alicyclic amines) is 1. The molecule has 0 bridgehead atoms. The van der Waals surface area contributed by atoms with Crippen LogP contribution < -0.4 is 4.74 Å². The average Bonchev–Trinajstić information content (AvgIpc) is 2.55. The fourth-order valence-corrected chi connectivity index (χ4v) is 3.08. The Bertz CT molecular complexity index is 656. The quantitative estimate of drug-likeness (QED) is 0.921. The lowest BCUT2D eigenvalue weighted by Crippen LogP contribution is -2.46. The third-order valence-corrected chi connectivity index (χ3v) is 4.27. The van der Waals surface area contributed by atoms with Gasteiger partial charge in [-0.15, -0.1) is 0 Å². The van der Waals surface area contributed by atoms with E-state index in [-0.39, 0.29) is 6.04 Å². The summed E-state index contributed by atoms with van der Waals surface area (Å²) in [6.45, 7) is 2.02. The van der Waals surface area contributed by atoms with Crippen molar-refractivity contribution in [2.24, 2.45) is 0 Å². The molecule has 0 spiro atoms. The van der Waals surface area contributed by atoms with Crippen LogP contribution in [0.25, 0.3) is 10.8 Å². The van der Waals surface area contributed by atoms with E-state index >= 15 is 0 Å². The molecule has 3 rings (SSSR count). The van der Waals surface area contributed by atoms with Gasteiger partial charge >= 0.3 is 5.97 Å². The van der Waals surface area contributed by atoms with E-state index in [0.29, 0.717) is 13.2 Å². The minimum Gasteiger partial charge on any atom is -0.492 e. The summed E-state index contributed by atoms with van der Waals surface area (Å²) in [7, 11) is 0. The fourth-order valence-electron chi connectivity index (χ4n) is 3.08. The second-order valence-corrected chi connectivity index (χ2v) is 5.74. The molecular weight excluding hydrogens is 278 g/mol. The number of fused-ring (bicyclic) bond motifs is 1. The molecule has 0 aromatic heterocycles. The van der Waals surface area contributed by atoms with Crippen molar-refractivity contribution in [1.29, 1.82) is 0 Å². The first-order valence-corrected chi connectivity index (χ1v) is 7.82. The van der Waals surface area contributed by atoms with Crippen molar-refractivity contribution in [3.63, 3.8) is 0 Å². The molecule has 1 aliphatic heterocycles. The second kappa shape index (κ2) is 6.79. The van der Waals surface area contributed by atoms with Crippen molar-refractivity contribution < 1.29 is 14.6 Å². The van der Waals surface area contributed by atoms with E-state index in [1.54, 1.807) is 0 Å². The van der Waals surface area contributed by atoms with Crippen LogP contribution in [0.4, 0.5) is 0 Å². The lowest BCUT2D eigenvalue weighted by atomic mass is 10.0. The SMILES string of the molecule is O=C(O)C1CCCCN1CCOc1ccc2ccccc2c1. The summed E-state index contributed by atoms with van der Waals surface area (Å²) in [4.78, 5) is 13.3. The minimum absolute atomic E-state index is 0.353. The largest absolute Gasteiger partial charge is 0.492 e. The number of carboxylic acid groups (broad SMARTS) is 1. The molecule has 0 saturated carbocycles. The first-order valence-electron chi connectivity index (χ1n) is 7.82. The number of aliphatic carboxylic acids is 1. The minimum atomic E-state index is -0.717. The third-order valence-electron chi connectivity index (χ3n) is 4.27. The van der Waals surface area contributed by atoms with E-state index in [9.17, 15) is 9.90 Å². The summed E-state index contributed by atoms with van der Waals surface area (Å²) in [6, 6.07) is 13.9. The van der Waals surface area contributed by atoms with Crippen LogP contribution in [0.2, 0.25) is 0 Å². The number of hydrogen-bond acceptors (Lipinski definition) is 3. The van der Waals surface area contributed by atoms with Crippen LogP contribution in [0.1, 0.15) is 19.3 Å². The summed E-state index contributed by atoms with van der Waals surface area (Å²) < 4.78 is 5.81. The van der Waals surface area contributed by atoms with Crippen LogP contribution in [-0.2, 0) is 4.79 Å². The highest BCUT2D eigenvalue weighted by Crippen LogP contribution is 2.21. The zero-order chi connectivity index (χ0) is 15.4. The van der Waals surface area contributed by atoms with Crippen molar-refractivity contribution >= 4 is 16.7 Å². The molecule has 22 heavy (non-hydrogen) atoms. The summed E-state index contributed by atoms with van der Waals surface area (Å²) in [5.74, 6) is 0.119. The van der Waals surface area contributed by atoms with Crippen LogP contribution in [0, 0.1) is 0 Å². The Kier molecular flexibility index (Phi) is 4.59. The van der Waals surface area contributed by atoms with Crippen LogP contribution in [0.5, 0.6) is 5.75 Å². The zero-order valence-electron chi connectivity index (χ0n) is 12.6. The van der Waals surface area contributed by atoms with Gasteiger partial charge in [0.1, 0.15) is 18.4 Å². The number of carbonyl (C=O) groups is 1. The molecule has 1 saturated heterocycles. The van der Waals surface area contributed by atoms with E-state index in [0.717, 1.165) is 36.9 Å². The van der Waals surface area contributed by atoms with Crippen LogP contribution in [-0.4, -0.2) is 41.7 Å². The normalized spacial score (nSPS) is 19.2. The van der Waals surface area contributed by atoms with Gasteiger partial charge in [0.25, 0.3) is 0 Å². The molecule has 4 nitrogen and oxygen atoms in total. The van der Waals surface area contributed by atoms with E-state index in [1.165, 1.54) is 5.39 Å². The molecule has 1 heterocycles. The highest BCUT2D eigenvalue weighted by molar-refractivity contribution is 5.83. The summed E-state index contributed by atoms with van der Waals surface area (Å²) in [5.41, 5.74) is 0. The predicted molar refractivity (Wildman–Crippen MR) is 86.3 cm³/mol. The number of benzene rings is 2. The summed E-state index contributed by atoms with van der Waals surface area (Å²) in [5, 5.41) is 11.6. The maximum atomic E-state index is 11.3. The van der Waals surface area contributed by atoms with Crippen molar-refractivity contribution in [2.45, 2.75) is 25.3 Å². The lowest BCUT2D eigenvalue weighted by Gasteiger charge is -2.32. The average molecular weight is 299 g/mol. The highest BCUT2D eigenvalue weighted by atomic mass is 16.5. The molecule has 0 radical (unpaired) electrons. The highest BCUT2D eigenvalue weighted by Gasteiger charge is 2.27. The van der Waals surface area contributed by atoms with Gasteiger partial charge in [0.15, 0.2) is 0 Å². The number of piperidine rings is 1. The number of hydrogen-bond donors (Lipinski definition) is 1. The van der Waals surface area contributed by atoms with Crippen molar-refractivity contribution in [1.82, 2.24) is 4.90 Å². The lowest BCUT2D eigenvalue weighted by molar-refractivity contribution is -0.144. The topological polar surface area (TPSA) is 49.8 Å². The number of carboxylic acids is 1. The number of ether oxygens (including phenoxy) is 1. The molecule has 1 atom stereocenters. The molecule has 1 aliphatic rings. The Morgan fingerprint density at radius 2 is 2.00 bits per heavy atom. The van der Waals surface area contributed by atoms with E-state index in [4.69, 9.17) is 4.74 Å². The molecule has 1 fully saturated rings. The Morgan fingerprint density at radius 3 is 2.82 bits per heavy atom. The second-order valence-electron chi connectivity index (χ2n) is 5.74. The van der Waals surface area contributed by atoms with E-state index in [2.05, 4.69) is 12.1 Å². The van der Waals surface area contributed by atoms with E-state index in [1.807, 2.05) is 35.2 Å². The molecule has 116 valence electrons. The van der Waals surface area contributed by atoms with Gasteiger partial charge in [0.2, 0.25) is 0 Å². The van der Waals surface area contributed by atoms with Crippen LogP contribution in [0.15, 0.2) is 42.5 Å². The van der Waals surface area contributed by atoms with Crippen molar-refractivity contribution in [2.75, 3.05) is 19.7 Å². The summed E-state index contributed by atoms with van der Waals surface area (Å²) >= 11 is 0. The van der Waals surface area contributed by atoms with Gasteiger partial charge in [-0.2, -0.15) is 0 Å². The van der Waals surface area contributed by atoms with Gasteiger partial charge in [0.05, 0.1) is 0 Å². The third kappa shape index (κ3) is 3.39. The van der Waals surface area contributed by atoms with Gasteiger partial charge in [-0.3, -0.25) is 9.69 Å². The first-order chi connectivity index (χ1) is 10.7. The van der Waals surface area contributed by atoms with Crippen LogP contribution in [0.3, 0.4) is 0 Å². The first kappa shape index (κ1) is 14.9. The molecule has 2 aromatic rings. The monoisotopic (exact) mass is 299 g/mol. The molecule has 4 heteroatoms. The Balaban J connectivity index is 1.58. The molecule has 1 unspecified atom stereocenters. The van der Waals surface area contributed by atoms with Gasteiger partial charge in [-0.05, 0) is 42.3 Å². The smallest absolute Gasteiger partial charge is 0.320 e.